The second kappa shape index (κ2) is 4.94. The summed E-state index contributed by atoms with van der Waals surface area (Å²) in [6.45, 7) is 0.240. The molecule has 5 heteroatoms. The van der Waals surface area contributed by atoms with E-state index in [0.717, 1.165) is 16.5 Å². The highest BCUT2D eigenvalue weighted by Gasteiger charge is 2.00. The lowest BCUT2D eigenvalue weighted by Gasteiger charge is -2.01. The van der Waals surface area contributed by atoms with Crippen molar-refractivity contribution >= 4 is 22.2 Å². The normalized spacial score (nSPS) is 10.1. The number of ether oxygens (including phenoxy) is 1. The quantitative estimate of drug-likeness (QED) is 0.809. The fraction of sp³-hybridized carbons (Fsp3) is 0.0909. The molecule has 82 valence electrons. The number of hydrogen-bond donors (Lipinski definition) is 0. The van der Waals surface area contributed by atoms with Crippen molar-refractivity contribution in [1.29, 1.82) is 0 Å². The molecule has 1 aromatic carbocycles. The lowest BCUT2D eigenvalue weighted by atomic mass is 10.3. The topological polar surface area (TPSA) is 44.1 Å². The Labute approximate surface area is 101 Å². The van der Waals surface area contributed by atoms with Gasteiger partial charge in [-0.3, -0.25) is 4.68 Å². The molecular weight excluding hydrogens is 272 g/mol. The summed E-state index contributed by atoms with van der Waals surface area (Å²) in [5, 5.41) is 3.97. The smallest absolute Gasteiger partial charge is 0.165 e. The van der Waals surface area contributed by atoms with E-state index in [4.69, 9.17) is 4.74 Å². The van der Waals surface area contributed by atoms with Crippen LogP contribution in [0.15, 0.2) is 41.1 Å². The van der Waals surface area contributed by atoms with Gasteiger partial charge in [0.1, 0.15) is 12.0 Å². The van der Waals surface area contributed by atoms with Crippen molar-refractivity contribution in [2.45, 2.75) is 6.54 Å². The fourth-order valence-corrected chi connectivity index (χ4v) is 1.48. The molecule has 4 nitrogen and oxygen atoms in total. The Morgan fingerprint density at radius 1 is 1.31 bits per heavy atom. The van der Waals surface area contributed by atoms with Gasteiger partial charge in [-0.1, -0.05) is 15.9 Å². The van der Waals surface area contributed by atoms with Crippen LogP contribution in [0.25, 0.3) is 0 Å². The van der Waals surface area contributed by atoms with Crippen LogP contribution in [0.1, 0.15) is 0 Å². The highest BCUT2D eigenvalue weighted by molar-refractivity contribution is 9.10. The van der Waals surface area contributed by atoms with E-state index in [1.807, 2.05) is 24.3 Å². The molecule has 0 bridgehead atoms. The predicted octanol–water partition coefficient (Wildman–Crippen LogP) is 2.64. The molecular formula is C11H9BrN2O2. The zero-order valence-electron chi connectivity index (χ0n) is 8.34. The molecule has 0 atom stereocenters. The molecule has 0 fully saturated rings. The Morgan fingerprint density at radius 2 is 2.06 bits per heavy atom. The van der Waals surface area contributed by atoms with Gasteiger partial charge in [-0.15, -0.1) is 0 Å². The molecule has 0 saturated heterocycles. The van der Waals surface area contributed by atoms with Crippen molar-refractivity contribution in [3.8, 4) is 11.5 Å². The van der Waals surface area contributed by atoms with E-state index in [2.05, 4.69) is 21.0 Å². The molecule has 0 aliphatic rings. The Hall–Kier alpha value is -1.62. The molecule has 0 aliphatic heterocycles. The van der Waals surface area contributed by atoms with Crippen molar-refractivity contribution in [2.75, 3.05) is 0 Å². The van der Waals surface area contributed by atoms with Gasteiger partial charge in [0.05, 0.1) is 18.9 Å². The molecule has 0 amide bonds. The van der Waals surface area contributed by atoms with Crippen molar-refractivity contribution < 1.29 is 9.53 Å². The van der Waals surface area contributed by atoms with Gasteiger partial charge in [-0.25, -0.2) is 0 Å². The third kappa shape index (κ3) is 2.70. The van der Waals surface area contributed by atoms with Crippen LogP contribution in [0.3, 0.4) is 0 Å². The zero-order chi connectivity index (χ0) is 11.4. The molecule has 1 heterocycles. The van der Waals surface area contributed by atoms with E-state index in [1.165, 1.54) is 4.68 Å². The molecule has 16 heavy (non-hydrogen) atoms. The maximum atomic E-state index is 10.3. The van der Waals surface area contributed by atoms with Crippen LogP contribution in [-0.4, -0.2) is 16.1 Å². The van der Waals surface area contributed by atoms with Crippen LogP contribution < -0.4 is 4.74 Å². The Bertz CT molecular complexity index is 479. The van der Waals surface area contributed by atoms with Crippen LogP contribution in [0.2, 0.25) is 0 Å². The monoisotopic (exact) mass is 280 g/mol. The molecule has 0 unspecified atom stereocenters. The third-order valence-electron chi connectivity index (χ3n) is 1.92. The number of nitrogens with zero attached hydrogens (tertiary/aromatic N) is 2. The Kier molecular flexibility index (Phi) is 3.36. The maximum absolute atomic E-state index is 10.3. The number of benzene rings is 1. The number of halogens is 1. The minimum atomic E-state index is 0.240. The highest BCUT2D eigenvalue weighted by atomic mass is 79.9. The van der Waals surface area contributed by atoms with Crippen LogP contribution in [0.4, 0.5) is 0 Å². The number of aromatic nitrogens is 2. The summed E-state index contributed by atoms with van der Waals surface area (Å²) >= 11 is 3.34. The molecule has 0 saturated carbocycles. The minimum absolute atomic E-state index is 0.240. The van der Waals surface area contributed by atoms with Gasteiger partial charge < -0.3 is 9.53 Å². The van der Waals surface area contributed by atoms with Gasteiger partial charge in [0, 0.05) is 4.47 Å². The van der Waals surface area contributed by atoms with Crippen LogP contribution >= 0.6 is 15.9 Å². The van der Waals surface area contributed by atoms with Crippen LogP contribution in [0, 0.1) is 0 Å². The summed E-state index contributed by atoms with van der Waals surface area (Å²) in [5.41, 5.74) is 0. The molecule has 0 radical (unpaired) electrons. The van der Waals surface area contributed by atoms with E-state index >= 15 is 0 Å². The van der Waals surface area contributed by atoms with E-state index in [-0.39, 0.29) is 6.54 Å². The second-order valence-electron chi connectivity index (χ2n) is 3.12. The first-order valence-electron chi connectivity index (χ1n) is 4.67. The largest absolute Gasteiger partial charge is 0.454 e. The first-order chi connectivity index (χ1) is 7.78. The molecule has 0 aliphatic carbocycles. The third-order valence-corrected chi connectivity index (χ3v) is 2.45. The van der Waals surface area contributed by atoms with Gasteiger partial charge in [0.25, 0.3) is 0 Å². The van der Waals surface area contributed by atoms with E-state index in [9.17, 15) is 4.79 Å². The number of hydrogen-bond acceptors (Lipinski definition) is 3. The number of aldehydes is 1. The van der Waals surface area contributed by atoms with E-state index < -0.39 is 0 Å². The lowest BCUT2D eigenvalue weighted by Crippen LogP contribution is -1.97. The highest BCUT2D eigenvalue weighted by Crippen LogP contribution is 2.22. The van der Waals surface area contributed by atoms with Crippen LogP contribution in [0.5, 0.6) is 11.5 Å². The molecule has 2 aromatic rings. The van der Waals surface area contributed by atoms with Crippen LogP contribution in [-0.2, 0) is 11.3 Å². The summed E-state index contributed by atoms with van der Waals surface area (Å²) in [7, 11) is 0. The molecule has 0 spiro atoms. The SMILES string of the molecule is O=CCn1cc(Oc2ccc(Br)cc2)cn1. The summed E-state index contributed by atoms with van der Waals surface area (Å²) in [6, 6.07) is 7.48. The number of rotatable bonds is 4. The van der Waals surface area contributed by atoms with Crippen molar-refractivity contribution in [1.82, 2.24) is 9.78 Å². The van der Waals surface area contributed by atoms with Gasteiger partial charge in [-0.05, 0) is 24.3 Å². The van der Waals surface area contributed by atoms with Crippen molar-refractivity contribution in [3.05, 3.63) is 41.1 Å². The predicted molar refractivity (Wildman–Crippen MR) is 62.5 cm³/mol. The molecule has 2 rings (SSSR count). The van der Waals surface area contributed by atoms with Gasteiger partial charge in [0.15, 0.2) is 5.75 Å². The van der Waals surface area contributed by atoms with Crippen molar-refractivity contribution in [3.63, 3.8) is 0 Å². The standard InChI is InChI=1S/C11H9BrN2O2/c12-9-1-3-10(4-2-9)16-11-7-13-14(8-11)5-6-15/h1-4,6-8H,5H2. The fourth-order valence-electron chi connectivity index (χ4n) is 1.21. The first-order valence-corrected chi connectivity index (χ1v) is 5.47. The number of carbonyl (C=O) groups is 1. The van der Waals surface area contributed by atoms with E-state index in [1.54, 1.807) is 12.4 Å². The second-order valence-corrected chi connectivity index (χ2v) is 4.04. The van der Waals surface area contributed by atoms with Crippen molar-refractivity contribution in [2.24, 2.45) is 0 Å². The lowest BCUT2D eigenvalue weighted by molar-refractivity contribution is -0.108. The summed E-state index contributed by atoms with van der Waals surface area (Å²) in [4.78, 5) is 10.3. The summed E-state index contributed by atoms with van der Waals surface area (Å²) < 4.78 is 8.05. The van der Waals surface area contributed by atoms with Gasteiger partial charge in [-0.2, -0.15) is 5.10 Å². The van der Waals surface area contributed by atoms with Gasteiger partial charge >= 0.3 is 0 Å². The average molecular weight is 281 g/mol. The van der Waals surface area contributed by atoms with E-state index in [0.29, 0.717) is 5.75 Å². The number of carbonyl (C=O) groups excluding carboxylic acids is 1. The summed E-state index contributed by atoms with van der Waals surface area (Å²) in [6.07, 6.45) is 4.04. The Balaban J connectivity index is 2.08. The zero-order valence-corrected chi connectivity index (χ0v) is 9.92. The first kappa shape index (κ1) is 10.9. The Morgan fingerprint density at radius 3 is 2.75 bits per heavy atom. The van der Waals surface area contributed by atoms with Gasteiger partial charge in [0.2, 0.25) is 0 Å². The molecule has 1 aromatic heterocycles. The molecule has 0 N–H and O–H groups in total. The minimum Gasteiger partial charge on any atom is -0.454 e. The summed E-state index contributed by atoms with van der Waals surface area (Å²) in [5.74, 6) is 1.35. The average Bonchev–Trinajstić information content (AvgIpc) is 2.70. The maximum Gasteiger partial charge on any atom is 0.165 e.